The summed E-state index contributed by atoms with van der Waals surface area (Å²) in [5.41, 5.74) is 0.888. The van der Waals surface area contributed by atoms with Crippen LogP contribution in [0.25, 0.3) is 0 Å². The highest BCUT2D eigenvalue weighted by atomic mass is 35.5. The van der Waals surface area contributed by atoms with Gasteiger partial charge in [-0.05, 0) is 13.0 Å². The SMILES string of the molecule is CC(Oc1ccnc(N2CCN(C(=O)O)CC2)n1)c1ccccc1Cl. The van der Waals surface area contributed by atoms with Gasteiger partial charge in [0, 0.05) is 49.0 Å². The predicted octanol–water partition coefficient (Wildman–Crippen LogP) is 3.07. The number of carbonyl (C=O) groups is 1. The van der Waals surface area contributed by atoms with Crippen molar-refractivity contribution < 1.29 is 14.6 Å². The molecule has 2 aromatic rings. The Bertz CT molecular complexity index is 750. The summed E-state index contributed by atoms with van der Waals surface area (Å²) in [6.45, 7) is 3.87. The minimum absolute atomic E-state index is 0.250. The van der Waals surface area contributed by atoms with E-state index >= 15 is 0 Å². The molecule has 0 radical (unpaired) electrons. The summed E-state index contributed by atoms with van der Waals surface area (Å²) in [5.74, 6) is 0.993. The number of hydrogen-bond acceptors (Lipinski definition) is 5. The van der Waals surface area contributed by atoms with Crippen LogP contribution < -0.4 is 9.64 Å². The largest absolute Gasteiger partial charge is 0.470 e. The van der Waals surface area contributed by atoms with Gasteiger partial charge in [-0.1, -0.05) is 29.8 Å². The van der Waals surface area contributed by atoms with Crippen molar-refractivity contribution >= 4 is 23.6 Å². The molecule has 1 unspecified atom stereocenters. The van der Waals surface area contributed by atoms with Gasteiger partial charge in [0.1, 0.15) is 6.10 Å². The van der Waals surface area contributed by atoms with Crippen LogP contribution in [-0.4, -0.2) is 52.2 Å². The number of nitrogens with zero attached hydrogens (tertiary/aromatic N) is 4. The molecular weight excluding hydrogens is 344 g/mol. The number of carboxylic acid groups (broad SMARTS) is 1. The van der Waals surface area contributed by atoms with E-state index in [1.807, 2.05) is 36.1 Å². The standard InChI is InChI=1S/C17H19ClN4O3/c1-12(13-4-2-3-5-14(13)18)25-15-6-7-19-16(20-15)21-8-10-22(11-9-21)17(23)24/h2-7,12H,8-11H2,1H3,(H,23,24). The second kappa shape index (κ2) is 7.57. The third kappa shape index (κ3) is 4.11. The number of hydrogen-bond donors (Lipinski definition) is 1. The van der Waals surface area contributed by atoms with E-state index < -0.39 is 6.09 Å². The molecule has 8 heteroatoms. The fraction of sp³-hybridized carbons (Fsp3) is 0.353. The molecule has 132 valence electrons. The second-order valence-corrected chi connectivity index (χ2v) is 6.14. The lowest BCUT2D eigenvalue weighted by molar-refractivity contribution is 0.142. The average molecular weight is 363 g/mol. The maximum atomic E-state index is 11.0. The maximum Gasteiger partial charge on any atom is 0.407 e. The van der Waals surface area contributed by atoms with Crippen LogP contribution in [0.2, 0.25) is 5.02 Å². The molecule has 1 atom stereocenters. The van der Waals surface area contributed by atoms with E-state index in [-0.39, 0.29) is 6.10 Å². The fourth-order valence-electron chi connectivity index (χ4n) is 2.70. The molecule has 1 aromatic carbocycles. The van der Waals surface area contributed by atoms with Gasteiger partial charge < -0.3 is 19.6 Å². The minimum Gasteiger partial charge on any atom is -0.470 e. The first-order chi connectivity index (χ1) is 12.0. The Hall–Kier alpha value is -2.54. The highest BCUT2D eigenvalue weighted by Crippen LogP contribution is 2.26. The quantitative estimate of drug-likeness (QED) is 0.900. The number of anilines is 1. The van der Waals surface area contributed by atoms with Crippen LogP contribution in [0.5, 0.6) is 5.88 Å². The van der Waals surface area contributed by atoms with E-state index in [2.05, 4.69) is 9.97 Å². The van der Waals surface area contributed by atoms with Crippen molar-refractivity contribution in [3.8, 4) is 5.88 Å². The van der Waals surface area contributed by atoms with Crippen LogP contribution in [0.15, 0.2) is 36.5 Å². The molecular formula is C17H19ClN4O3. The molecule has 3 rings (SSSR count). The molecule has 7 nitrogen and oxygen atoms in total. The number of rotatable bonds is 4. The van der Waals surface area contributed by atoms with Gasteiger partial charge >= 0.3 is 6.09 Å². The highest BCUT2D eigenvalue weighted by Gasteiger charge is 2.22. The molecule has 0 bridgehead atoms. The number of ether oxygens (including phenoxy) is 1. The molecule has 1 fully saturated rings. The molecule has 0 spiro atoms. The molecule has 2 heterocycles. The van der Waals surface area contributed by atoms with E-state index in [1.165, 1.54) is 4.90 Å². The molecule has 1 aromatic heterocycles. The van der Waals surface area contributed by atoms with Crippen LogP contribution in [0.3, 0.4) is 0 Å². The summed E-state index contributed by atoms with van der Waals surface area (Å²) in [5, 5.41) is 9.66. The van der Waals surface area contributed by atoms with Crippen LogP contribution in [0.1, 0.15) is 18.6 Å². The third-order valence-electron chi connectivity index (χ3n) is 4.09. The number of piperazine rings is 1. The van der Waals surface area contributed by atoms with Crippen molar-refractivity contribution in [2.75, 3.05) is 31.1 Å². The first-order valence-corrected chi connectivity index (χ1v) is 8.39. The lowest BCUT2D eigenvalue weighted by atomic mass is 10.1. The monoisotopic (exact) mass is 362 g/mol. The van der Waals surface area contributed by atoms with Crippen molar-refractivity contribution in [2.24, 2.45) is 0 Å². The van der Waals surface area contributed by atoms with Gasteiger partial charge in [0.15, 0.2) is 0 Å². The summed E-state index contributed by atoms with van der Waals surface area (Å²) >= 11 is 6.20. The lowest BCUT2D eigenvalue weighted by Crippen LogP contribution is -2.48. The van der Waals surface area contributed by atoms with Crippen molar-refractivity contribution in [2.45, 2.75) is 13.0 Å². The second-order valence-electron chi connectivity index (χ2n) is 5.73. The fourth-order valence-corrected chi connectivity index (χ4v) is 2.99. The van der Waals surface area contributed by atoms with Gasteiger partial charge in [0.05, 0.1) is 0 Å². The number of amides is 1. The van der Waals surface area contributed by atoms with Crippen molar-refractivity contribution in [3.05, 3.63) is 47.1 Å². The van der Waals surface area contributed by atoms with E-state index in [9.17, 15) is 4.79 Å². The van der Waals surface area contributed by atoms with Crippen molar-refractivity contribution in [1.82, 2.24) is 14.9 Å². The Labute approximate surface area is 150 Å². The van der Waals surface area contributed by atoms with Gasteiger partial charge in [0.25, 0.3) is 0 Å². The minimum atomic E-state index is -0.897. The summed E-state index contributed by atoms with van der Waals surface area (Å²) in [7, 11) is 0. The topological polar surface area (TPSA) is 78.8 Å². The first kappa shape index (κ1) is 17.3. The van der Waals surface area contributed by atoms with Crippen molar-refractivity contribution in [1.29, 1.82) is 0 Å². The summed E-state index contributed by atoms with van der Waals surface area (Å²) in [4.78, 5) is 23.0. The summed E-state index contributed by atoms with van der Waals surface area (Å²) < 4.78 is 5.91. The first-order valence-electron chi connectivity index (χ1n) is 8.01. The molecule has 0 aliphatic carbocycles. The van der Waals surface area contributed by atoms with Gasteiger partial charge in [-0.15, -0.1) is 0 Å². The Morgan fingerprint density at radius 1 is 1.24 bits per heavy atom. The Morgan fingerprint density at radius 3 is 2.64 bits per heavy atom. The third-order valence-corrected chi connectivity index (χ3v) is 4.44. The van der Waals surface area contributed by atoms with E-state index in [0.29, 0.717) is 43.0 Å². The lowest BCUT2D eigenvalue weighted by Gasteiger charge is -2.33. The van der Waals surface area contributed by atoms with Gasteiger partial charge in [-0.2, -0.15) is 4.98 Å². The zero-order valence-electron chi connectivity index (χ0n) is 13.8. The molecule has 1 N–H and O–H groups in total. The van der Waals surface area contributed by atoms with E-state index in [0.717, 1.165) is 5.56 Å². The molecule has 1 aliphatic rings. The molecule has 1 saturated heterocycles. The average Bonchev–Trinajstić information content (AvgIpc) is 2.62. The number of aromatic nitrogens is 2. The summed E-state index contributed by atoms with van der Waals surface area (Å²) in [6, 6.07) is 9.22. The Kier molecular flexibility index (Phi) is 5.23. The van der Waals surface area contributed by atoms with Crippen LogP contribution in [0.4, 0.5) is 10.7 Å². The van der Waals surface area contributed by atoms with Crippen LogP contribution in [0, 0.1) is 0 Å². The molecule has 1 aliphatic heterocycles. The Balaban J connectivity index is 1.68. The summed E-state index contributed by atoms with van der Waals surface area (Å²) in [6.07, 6.45) is 0.493. The predicted molar refractivity (Wildman–Crippen MR) is 94.3 cm³/mol. The molecule has 1 amide bonds. The zero-order chi connectivity index (χ0) is 17.8. The Morgan fingerprint density at radius 2 is 1.96 bits per heavy atom. The number of halogens is 1. The van der Waals surface area contributed by atoms with Gasteiger partial charge in [-0.3, -0.25) is 0 Å². The highest BCUT2D eigenvalue weighted by molar-refractivity contribution is 6.31. The smallest absolute Gasteiger partial charge is 0.407 e. The van der Waals surface area contributed by atoms with Gasteiger partial charge in [0.2, 0.25) is 11.8 Å². The zero-order valence-corrected chi connectivity index (χ0v) is 14.6. The van der Waals surface area contributed by atoms with E-state index in [4.69, 9.17) is 21.4 Å². The molecule has 25 heavy (non-hydrogen) atoms. The molecule has 0 saturated carbocycles. The maximum absolute atomic E-state index is 11.0. The van der Waals surface area contributed by atoms with Crippen LogP contribution in [-0.2, 0) is 0 Å². The van der Waals surface area contributed by atoms with Crippen molar-refractivity contribution in [3.63, 3.8) is 0 Å². The van der Waals surface area contributed by atoms with Gasteiger partial charge in [-0.25, -0.2) is 9.78 Å². The number of benzene rings is 1. The van der Waals surface area contributed by atoms with Crippen LogP contribution >= 0.6 is 11.6 Å². The normalized spacial score (nSPS) is 15.8. The van der Waals surface area contributed by atoms with E-state index in [1.54, 1.807) is 12.3 Å².